The number of esters is 1. The van der Waals surface area contributed by atoms with Crippen LogP contribution in [0.1, 0.15) is 55.8 Å². The van der Waals surface area contributed by atoms with Gasteiger partial charge in [-0.2, -0.15) is 9.97 Å². The van der Waals surface area contributed by atoms with Crippen LogP contribution in [0.25, 0.3) is 11.2 Å². The summed E-state index contributed by atoms with van der Waals surface area (Å²) in [4.78, 5) is 43.4. The Bertz CT molecular complexity index is 2240. The minimum Gasteiger partial charge on any atom is -0.497 e. The first kappa shape index (κ1) is 38.9. The molecule has 0 radical (unpaired) electrons. The molecule has 0 bridgehead atoms. The maximum absolute atomic E-state index is 12.8. The number of aromatic nitrogens is 5. The van der Waals surface area contributed by atoms with Crippen molar-refractivity contribution in [1.29, 1.82) is 0 Å². The molecule has 3 aromatic heterocycles. The molecule has 1 saturated heterocycles. The van der Waals surface area contributed by atoms with Gasteiger partial charge in [-0.05, 0) is 53.1 Å². The molecule has 3 atom stereocenters. The normalized spacial score (nSPS) is 16.7. The van der Waals surface area contributed by atoms with Gasteiger partial charge in [-0.15, -0.1) is 0 Å². The van der Waals surface area contributed by atoms with Gasteiger partial charge in [-0.1, -0.05) is 74.5 Å². The van der Waals surface area contributed by atoms with E-state index in [0.717, 1.165) is 16.7 Å². The quantitative estimate of drug-likeness (QED) is 0.0878. The van der Waals surface area contributed by atoms with Crippen molar-refractivity contribution in [3.63, 3.8) is 0 Å². The van der Waals surface area contributed by atoms with Crippen molar-refractivity contribution in [2.75, 3.05) is 26.1 Å². The number of benzene rings is 3. The third-order valence-corrected chi connectivity index (χ3v) is 9.68. The number of hydrogen-bond donors (Lipinski definition) is 1. The van der Waals surface area contributed by atoms with E-state index < -0.39 is 30.0 Å². The summed E-state index contributed by atoms with van der Waals surface area (Å²) in [6.45, 7) is 5.03. The van der Waals surface area contributed by atoms with Gasteiger partial charge in [0, 0.05) is 25.5 Å². The Morgan fingerprint density at radius 3 is 2.11 bits per heavy atom. The van der Waals surface area contributed by atoms with E-state index in [4.69, 9.17) is 28.4 Å². The largest absolute Gasteiger partial charge is 0.497 e. The van der Waals surface area contributed by atoms with Crippen LogP contribution in [0.2, 0.25) is 0 Å². The Balaban J connectivity index is 1.25. The van der Waals surface area contributed by atoms with E-state index in [1.165, 1.54) is 6.92 Å². The molecule has 0 unspecified atom stereocenters. The lowest BCUT2D eigenvalue weighted by molar-refractivity contribution is -0.153. The van der Waals surface area contributed by atoms with E-state index in [9.17, 15) is 9.59 Å². The Morgan fingerprint density at radius 2 is 1.51 bits per heavy atom. The van der Waals surface area contributed by atoms with Crippen LogP contribution < -0.4 is 19.5 Å². The molecule has 1 aliphatic heterocycles. The molecule has 6 aromatic rings. The van der Waals surface area contributed by atoms with Gasteiger partial charge < -0.3 is 28.4 Å². The first-order chi connectivity index (χ1) is 27.7. The highest BCUT2D eigenvalue weighted by Gasteiger charge is 2.44. The number of fused-ring (bicyclic) bond motifs is 1. The van der Waals surface area contributed by atoms with Gasteiger partial charge >= 0.3 is 5.97 Å². The standard InChI is InChI=1S/C43H44N6O8/c1-27(2)40(51)47-42-46-39-38(41(48-42)54-24-32-13-9-10-22-44-32)45-26-49(39)37-23-35(56-28(3)50)36(57-37)25-55-43(29-11-7-6-8-12-29,30-14-18-33(52-4)19-15-30)31-16-20-34(53-5)21-17-31/h6-22,26-27,35-37H,23-25H2,1-5H3,(H,46,47,48,51)/t35-,36+,37+/m0/s1. The number of anilines is 1. The molecular weight excluding hydrogens is 729 g/mol. The second-order valence-corrected chi connectivity index (χ2v) is 13.8. The molecule has 7 rings (SSSR count). The smallest absolute Gasteiger partial charge is 0.302 e. The fraction of sp³-hybridized carbons (Fsp3) is 0.302. The molecule has 0 spiro atoms. The van der Waals surface area contributed by atoms with Crippen molar-refractivity contribution in [3.05, 3.63) is 132 Å². The number of pyridine rings is 1. The highest BCUT2D eigenvalue weighted by Crippen LogP contribution is 2.43. The Hall–Kier alpha value is -6.38. The van der Waals surface area contributed by atoms with Crippen LogP contribution >= 0.6 is 0 Å². The van der Waals surface area contributed by atoms with Crippen molar-refractivity contribution in [2.24, 2.45) is 5.92 Å². The molecule has 1 amide bonds. The zero-order valence-corrected chi connectivity index (χ0v) is 32.3. The van der Waals surface area contributed by atoms with Crippen LogP contribution in [0.15, 0.2) is 110 Å². The molecule has 0 aliphatic carbocycles. The summed E-state index contributed by atoms with van der Waals surface area (Å²) in [7, 11) is 3.24. The summed E-state index contributed by atoms with van der Waals surface area (Å²) < 4.78 is 38.6. The maximum atomic E-state index is 12.8. The number of methoxy groups -OCH3 is 2. The van der Waals surface area contributed by atoms with E-state index in [1.54, 1.807) is 45.2 Å². The van der Waals surface area contributed by atoms with Gasteiger partial charge in [0.2, 0.25) is 17.7 Å². The maximum Gasteiger partial charge on any atom is 0.302 e. The topological polar surface area (TPSA) is 158 Å². The minimum atomic E-state index is -1.14. The number of ether oxygens (including phenoxy) is 6. The fourth-order valence-corrected chi connectivity index (χ4v) is 6.78. The zero-order valence-electron chi connectivity index (χ0n) is 32.3. The van der Waals surface area contributed by atoms with Gasteiger partial charge in [-0.3, -0.25) is 24.5 Å². The Morgan fingerprint density at radius 1 is 0.860 bits per heavy atom. The van der Waals surface area contributed by atoms with Crippen LogP contribution in [-0.4, -0.2) is 69.4 Å². The summed E-state index contributed by atoms with van der Waals surface area (Å²) >= 11 is 0. The summed E-state index contributed by atoms with van der Waals surface area (Å²) in [5.41, 5.74) is 2.78. The number of hydrogen-bond acceptors (Lipinski definition) is 12. The average molecular weight is 773 g/mol. The highest BCUT2D eigenvalue weighted by atomic mass is 16.6. The molecule has 14 nitrogen and oxygen atoms in total. The lowest BCUT2D eigenvalue weighted by Crippen LogP contribution is -2.39. The third kappa shape index (κ3) is 8.42. The van der Waals surface area contributed by atoms with Gasteiger partial charge in [0.15, 0.2) is 11.2 Å². The molecule has 1 N–H and O–H groups in total. The van der Waals surface area contributed by atoms with Gasteiger partial charge in [-0.25, -0.2) is 4.98 Å². The molecule has 3 aromatic carbocycles. The summed E-state index contributed by atoms with van der Waals surface area (Å²) in [5, 5.41) is 2.78. The molecule has 1 aliphatic rings. The van der Waals surface area contributed by atoms with Crippen molar-refractivity contribution in [1.82, 2.24) is 24.5 Å². The van der Waals surface area contributed by atoms with E-state index in [1.807, 2.05) is 97.1 Å². The Kier molecular flexibility index (Phi) is 11.7. The predicted molar refractivity (Wildman–Crippen MR) is 210 cm³/mol. The van der Waals surface area contributed by atoms with Crippen LogP contribution in [0.3, 0.4) is 0 Å². The lowest BCUT2D eigenvalue weighted by Gasteiger charge is -2.37. The van der Waals surface area contributed by atoms with E-state index in [0.29, 0.717) is 28.4 Å². The number of rotatable bonds is 15. The second-order valence-electron chi connectivity index (χ2n) is 13.8. The van der Waals surface area contributed by atoms with Gasteiger partial charge in [0.05, 0.1) is 32.8 Å². The number of nitrogens with zero attached hydrogens (tertiary/aromatic N) is 5. The first-order valence-corrected chi connectivity index (χ1v) is 18.6. The zero-order chi connectivity index (χ0) is 39.9. The van der Waals surface area contributed by atoms with E-state index in [-0.39, 0.29) is 43.3 Å². The molecule has 0 saturated carbocycles. The number of carbonyl (C=O) groups is 2. The summed E-state index contributed by atoms with van der Waals surface area (Å²) in [6, 6.07) is 30.8. The van der Waals surface area contributed by atoms with Crippen molar-refractivity contribution < 1.29 is 38.0 Å². The summed E-state index contributed by atoms with van der Waals surface area (Å²) in [6.07, 6.45) is 1.37. The predicted octanol–water partition coefficient (Wildman–Crippen LogP) is 6.64. The molecule has 57 heavy (non-hydrogen) atoms. The number of imidazole rings is 1. The van der Waals surface area contributed by atoms with E-state index >= 15 is 0 Å². The summed E-state index contributed by atoms with van der Waals surface area (Å²) in [5.74, 6) is 0.534. The van der Waals surface area contributed by atoms with Gasteiger partial charge in [0.1, 0.15) is 42.1 Å². The van der Waals surface area contributed by atoms with E-state index in [2.05, 4.69) is 25.3 Å². The van der Waals surface area contributed by atoms with Crippen molar-refractivity contribution >= 4 is 29.0 Å². The van der Waals surface area contributed by atoms with Crippen LogP contribution in [0.5, 0.6) is 17.4 Å². The van der Waals surface area contributed by atoms with Crippen molar-refractivity contribution in [3.8, 4) is 17.4 Å². The minimum absolute atomic E-state index is 0.0111. The van der Waals surface area contributed by atoms with Crippen LogP contribution in [-0.2, 0) is 36.0 Å². The number of nitrogens with one attached hydrogen (secondary N) is 1. The SMILES string of the molecule is COc1ccc(C(OC[C@H]2O[C@@H](n3cnc4c(OCc5ccccn5)nc(NC(=O)C(C)C)nc43)C[C@@H]2OC(C)=O)(c2ccccc2)c2ccc(OC)cc2)cc1. The lowest BCUT2D eigenvalue weighted by atomic mass is 9.80. The van der Waals surface area contributed by atoms with Crippen LogP contribution in [0, 0.1) is 5.92 Å². The molecule has 1 fully saturated rings. The second kappa shape index (κ2) is 17.2. The first-order valence-electron chi connectivity index (χ1n) is 18.6. The monoisotopic (exact) mass is 772 g/mol. The number of amides is 1. The molecule has 294 valence electrons. The average Bonchev–Trinajstić information content (AvgIpc) is 3.84. The van der Waals surface area contributed by atoms with Crippen molar-refractivity contribution in [2.45, 2.75) is 57.8 Å². The molecule has 4 heterocycles. The fourth-order valence-electron chi connectivity index (χ4n) is 6.78. The van der Waals surface area contributed by atoms with Crippen LogP contribution in [0.4, 0.5) is 5.95 Å². The van der Waals surface area contributed by atoms with Gasteiger partial charge in [0.25, 0.3) is 0 Å². The third-order valence-electron chi connectivity index (χ3n) is 9.68. The highest BCUT2D eigenvalue weighted by molar-refractivity contribution is 5.91. The number of carbonyl (C=O) groups excluding carboxylic acids is 2. The Labute approximate surface area is 330 Å². The molecule has 14 heteroatoms. The molecular formula is C43H44N6O8.